The summed E-state index contributed by atoms with van der Waals surface area (Å²) in [5.41, 5.74) is 1.39. The average molecular weight is 159 g/mol. The third-order valence-electron chi connectivity index (χ3n) is 3.02. The molecule has 1 heteroatoms. The van der Waals surface area contributed by atoms with Crippen molar-refractivity contribution in [1.29, 1.82) is 5.26 Å². The van der Waals surface area contributed by atoms with E-state index in [1.54, 1.807) is 6.08 Å². The fraction of sp³-hybridized carbons (Fsp3) is 0.545. The molecule has 2 aliphatic rings. The van der Waals surface area contributed by atoms with E-state index < -0.39 is 0 Å². The van der Waals surface area contributed by atoms with Crippen LogP contribution in [0.2, 0.25) is 0 Å². The number of allylic oxidation sites excluding steroid dienone is 4. The lowest BCUT2D eigenvalue weighted by Gasteiger charge is -2.27. The highest BCUT2D eigenvalue weighted by Crippen LogP contribution is 2.41. The zero-order valence-corrected chi connectivity index (χ0v) is 7.16. The first kappa shape index (κ1) is 7.61. The molecule has 62 valence electrons. The molecule has 2 aliphatic carbocycles. The van der Waals surface area contributed by atoms with Crippen molar-refractivity contribution in [3.05, 3.63) is 23.8 Å². The van der Waals surface area contributed by atoms with Crippen LogP contribution >= 0.6 is 0 Å². The molecule has 12 heavy (non-hydrogen) atoms. The van der Waals surface area contributed by atoms with Gasteiger partial charge in [-0.25, -0.2) is 0 Å². The van der Waals surface area contributed by atoms with Crippen LogP contribution in [-0.2, 0) is 0 Å². The van der Waals surface area contributed by atoms with Crippen molar-refractivity contribution in [1.82, 2.24) is 0 Å². The van der Waals surface area contributed by atoms with Crippen LogP contribution in [0.1, 0.15) is 25.7 Å². The summed E-state index contributed by atoms with van der Waals surface area (Å²) < 4.78 is 0. The normalized spacial score (nSPS) is 36.4. The van der Waals surface area contributed by atoms with Crippen molar-refractivity contribution in [3.8, 4) is 6.07 Å². The van der Waals surface area contributed by atoms with E-state index in [0.29, 0.717) is 5.92 Å². The first-order valence-corrected chi connectivity index (χ1v) is 4.67. The molecule has 0 radical (unpaired) electrons. The summed E-state index contributed by atoms with van der Waals surface area (Å²) in [5, 5.41) is 8.59. The molecule has 1 nitrogen and oxygen atoms in total. The Balaban J connectivity index is 2.17. The smallest absolute Gasteiger partial charge is 0.0911 e. The van der Waals surface area contributed by atoms with E-state index in [2.05, 4.69) is 18.2 Å². The van der Waals surface area contributed by atoms with Gasteiger partial charge in [-0.05, 0) is 37.5 Å². The molecule has 2 rings (SSSR count). The van der Waals surface area contributed by atoms with Crippen LogP contribution in [0.15, 0.2) is 23.8 Å². The maximum absolute atomic E-state index is 8.59. The molecule has 0 aliphatic heterocycles. The fourth-order valence-corrected chi connectivity index (χ4v) is 2.42. The van der Waals surface area contributed by atoms with Gasteiger partial charge in [0.25, 0.3) is 0 Å². The van der Waals surface area contributed by atoms with Gasteiger partial charge in [0.15, 0.2) is 0 Å². The van der Waals surface area contributed by atoms with Gasteiger partial charge in [0.05, 0.1) is 6.07 Å². The SMILES string of the molecule is N#C/C=C1\CCC[C@H]2C=CC[C@@H]12. The van der Waals surface area contributed by atoms with Crippen LogP contribution in [-0.4, -0.2) is 0 Å². The van der Waals surface area contributed by atoms with Crippen molar-refractivity contribution in [2.75, 3.05) is 0 Å². The lowest BCUT2D eigenvalue weighted by Crippen LogP contribution is -2.16. The Bertz CT molecular complexity index is 267. The summed E-state index contributed by atoms with van der Waals surface area (Å²) >= 11 is 0. The number of rotatable bonds is 0. The number of hydrogen-bond donors (Lipinski definition) is 0. The highest BCUT2D eigenvalue weighted by Gasteiger charge is 2.28. The fourth-order valence-electron chi connectivity index (χ4n) is 2.42. The molecular weight excluding hydrogens is 146 g/mol. The largest absolute Gasteiger partial charge is 0.193 e. The second kappa shape index (κ2) is 3.15. The van der Waals surface area contributed by atoms with Gasteiger partial charge < -0.3 is 0 Å². The Labute approximate surface area is 73.4 Å². The zero-order chi connectivity index (χ0) is 8.39. The molecule has 0 aromatic rings. The summed E-state index contributed by atoms with van der Waals surface area (Å²) in [7, 11) is 0. The molecule has 0 unspecified atom stereocenters. The van der Waals surface area contributed by atoms with Gasteiger partial charge in [0, 0.05) is 6.08 Å². The first-order valence-electron chi connectivity index (χ1n) is 4.67. The van der Waals surface area contributed by atoms with E-state index in [1.165, 1.54) is 18.4 Å². The minimum absolute atomic E-state index is 0.679. The zero-order valence-electron chi connectivity index (χ0n) is 7.16. The van der Waals surface area contributed by atoms with E-state index in [-0.39, 0.29) is 0 Å². The summed E-state index contributed by atoms with van der Waals surface area (Å²) in [6, 6.07) is 2.16. The quantitative estimate of drug-likeness (QED) is 0.394. The average Bonchev–Trinajstić information content (AvgIpc) is 2.53. The molecule has 0 amide bonds. The van der Waals surface area contributed by atoms with Crippen molar-refractivity contribution >= 4 is 0 Å². The van der Waals surface area contributed by atoms with Crippen LogP contribution in [0, 0.1) is 23.2 Å². The molecule has 1 saturated carbocycles. The minimum atomic E-state index is 0.679. The number of nitrogens with zero attached hydrogens (tertiary/aromatic N) is 1. The Hall–Kier alpha value is -1.03. The van der Waals surface area contributed by atoms with Crippen LogP contribution < -0.4 is 0 Å². The molecule has 0 aromatic heterocycles. The van der Waals surface area contributed by atoms with Crippen LogP contribution in [0.3, 0.4) is 0 Å². The van der Waals surface area contributed by atoms with E-state index in [1.807, 2.05) is 0 Å². The van der Waals surface area contributed by atoms with Gasteiger partial charge >= 0.3 is 0 Å². The number of nitriles is 1. The summed E-state index contributed by atoms with van der Waals surface area (Å²) in [6.45, 7) is 0. The van der Waals surface area contributed by atoms with Crippen LogP contribution in [0.25, 0.3) is 0 Å². The van der Waals surface area contributed by atoms with Gasteiger partial charge in [-0.2, -0.15) is 5.26 Å². The molecule has 0 spiro atoms. The maximum Gasteiger partial charge on any atom is 0.0911 e. The Morgan fingerprint density at radius 1 is 1.58 bits per heavy atom. The molecule has 0 heterocycles. The topological polar surface area (TPSA) is 23.8 Å². The van der Waals surface area contributed by atoms with Gasteiger partial charge in [0.1, 0.15) is 0 Å². The third kappa shape index (κ3) is 1.18. The predicted molar refractivity (Wildman–Crippen MR) is 48.3 cm³/mol. The highest BCUT2D eigenvalue weighted by atomic mass is 14.3. The molecule has 0 aromatic carbocycles. The number of fused-ring (bicyclic) bond motifs is 1. The van der Waals surface area contributed by atoms with Crippen molar-refractivity contribution < 1.29 is 0 Å². The first-order chi connectivity index (χ1) is 5.92. The summed E-state index contributed by atoms with van der Waals surface area (Å²) in [6.07, 6.45) is 11.3. The van der Waals surface area contributed by atoms with Crippen molar-refractivity contribution in [2.24, 2.45) is 11.8 Å². The van der Waals surface area contributed by atoms with Crippen molar-refractivity contribution in [3.63, 3.8) is 0 Å². The van der Waals surface area contributed by atoms with Gasteiger partial charge in [0.2, 0.25) is 0 Å². The van der Waals surface area contributed by atoms with Crippen molar-refractivity contribution in [2.45, 2.75) is 25.7 Å². The van der Waals surface area contributed by atoms with Crippen LogP contribution in [0.4, 0.5) is 0 Å². The molecule has 2 atom stereocenters. The van der Waals surface area contributed by atoms with E-state index in [4.69, 9.17) is 5.26 Å². The molecule has 0 N–H and O–H groups in total. The standard InChI is InChI=1S/C11H13N/c12-8-7-10-4-1-3-9-5-2-6-11(9)10/h2,5,7,9,11H,1,3-4,6H2/b10-7+/t9-,11+/m0/s1. The monoisotopic (exact) mass is 159 g/mol. The lowest BCUT2D eigenvalue weighted by molar-refractivity contribution is 0.386. The number of hydrogen-bond acceptors (Lipinski definition) is 1. The Morgan fingerprint density at radius 3 is 3.33 bits per heavy atom. The summed E-state index contributed by atoms with van der Waals surface area (Å²) in [4.78, 5) is 0. The molecule has 0 bridgehead atoms. The molecular formula is C11H13N. The van der Waals surface area contributed by atoms with Crippen LogP contribution in [0.5, 0.6) is 0 Å². The second-order valence-corrected chi connectivity index (χ2v) is 3.67. The predicted octanol–water partition coefficient (Wildman–Crippen LogP) is 2.81. The van der Waals surface area contributed by atoms with Gasteiger partial charge in [-0.1, -0.05) is 17.7 Å². The van der Waals surface area contributed by atoms with E-state index >= 15 is 0 Å². The third-order valence-corrected chi connectivity index (χ3v) is 3.02. The Kier molecular flexibility index (Phi) is 1.99. The minimum Gasteiger partial charge on any atom is -0.193 e. The summed E-state index contributed by atoms with van der Waals surface area (Å²) in [5.74, 6) is 1.43. The molecule has 1 fully saturated rings. The lowest BCUT2D eigenvalue weighted by atomic mass is 9.77. The van der Waals surface area contributed by atoms with E-state index in [9.17, 15) is 0 Å². The molecule has 0 saturated heterocycles. The highest BCUT2D eigenvalue weighted by molar-refractivity contribution is 5.24. The Morgan fingerprint density at radius 2 is 2.50 bits per heavy atom. The van der Waals surface area contributed by atoms with Gasteiger partial charge in [-0.3, -0.25) is 0 Å². The maximum atomic E-state index is 8.59. The van der Waals surface area contributed by atoms with Gasteiger partial charge in [-0.15, -0.1) is 0 Å². The second-order valence-electron chi connectivity index (χ2n) is 3.67. The van der Waals surface area contributed by atoms with E-state index in [0.717, 1.165) is 18.8 Å².